The van der Waals surface area contributed by atoms with Crippen molar-refractivity contribution in [3.63, 3.8) is 0 Å². The maximum atomic E-state index is 14.0. The van der Waals surface area contributed by atoms with Gasteiger partial charge in [0.15, 0.2) is 0 Å². The summed E-state index contributed by atoms with van der Waals surface area (Å²) in [5, 5.41) is 0. The van der Waals surface area contributed by atoms with Gasteiger partial charge in [-0.05, 0) is 74.2 Å². The van der Waals surface area contributed by atoms with E-state index in [-0.39, 0.29) is 23.0 Å². The third-order valence-electron chi connectivity index (χ3n) is 6.66. The van der Waals surface area contributed by atoms with E-state index in [1.807, 2.05) is 0 Å². The smallest absolute Gasteiger partial charge is 0.341 e. The zero-order valence-corrected chi connectivity index (χ0v) is 23.7. The van der Waals surface area contributed by atoms with Crippen LogP contribution in [0, 0.1) is 33.1 Å². The van der Waals surface area contributed by atoms with Crippen molar-refractivity contribution in [3.05, 3.63) is 119 Å². The number of aryl methyl sites for hydroxylation is 4. The molecule has 4 rings (SSSR count). The Morgan fingerprint density at radius 3 is 1.00 bits per heavy atom. The van der Waals surface area contributed by atoms with Gasteiger partial charge in [-0.3, -0.25) is 4.79 Å². The number of para-hydroxylation sites is 4. The zero-order valence-electron chi connectivity index (χ0n) is 23.7. The lowest BCUT2D eigenvalue weighted by atomic mass is 9.84. The Kier molecular flexibility index (Phi) is 9.17. The first-order valence-corrected chi connectivity index (χ1v) is 13.2. The molecule has 0 saturated carbocycles. The van der Waals surface area contributed by atoms with E-state index in [1.54, 1.807) is 107 Å². The molecule has 0 saturated heterocycles. The van der Waals surface area contributed by atoms with Crippen LogP contribution in [0.4, 0.5) is 0 Å². The Hall–Kier alpha value is -5.24. The molecular formula is C34H30O8. The predicted molar refractivity (Wildman–Crippen MR) is 154 cm³/mol. The van der Waals surface area contributed by atoms with E-state index in [0.29, 0.717) is 22.3 Å². The van der Waals surface area contributed by atoms with Crippen molar-refractivity contribution in [1.29, 1.82) is 0 Å². The van der Waals surface area contributed by atoms with Crippen molar-refractivity contribution in [2.45, 2.75) is 34.1 Å². The lowest BCUT2D eigenvalue weighted by Crippen LogP contribution is -2.54. The number of hydrogen-bond acceptors (Lipinski definition) is 8. The van der Waals surface area contributed by atoms with Gasteiger partial charge in [0.2, 0.25) is 0 Å². The molecule has 0 fully saturated rings. The van der Waals surface area contributed by atoms with E-state index in [9.17, 15) is 19.2 Å². The van der Waals surface area contributed by atoms with Gasteiger partial charge in [0.1, 0.15) is 23.0 Å². The van der Waals surface area contributed by atoms with E-state index >= 15 is 0 Å². The number of carbonyl (C=O) groups is 4. The Morgan fingerprint density at radius 2 is 0.714 bits per heavy atom. The van der Waals surface area contributed by atoms with Crippen LogP contribution in [0.2, 0.25) is 0 Å². The first kappa shape index (κ1) is 29.7. The number of ether oxygens (including phenoxy) is 4. The van der Waals surface area contributed by atoms with E-state index in [0.717, 1.165) is 0 Å². The second-order valence-electron chi connectivity index (χ2n) is 9.79. The monoisotopic (exact) mass is 566 g/mol. The maximum absolute atomic E-state index is 14.0. The molecule has 0 amide bonds. The number of benzene rings is 4. The summed E-state index contributed by atoms with van der Waals surface area (Å²) in [6.07, 6.45) is -1.05. The van der Waals surface area contributed by atoms with Gasteiger partial charge in [-0.25, -0.2) is 14.4 Å². The third-order valence-corrected chi connectivity index (χ3v) is 6.66. The standard InChI is InChI=1S/C34H30O8/c1-22-13-5-9-17-26(22)39-30(35)21-34(31(36)40-27-18-10-6-14-23(27)2,32(37)41-28-19-11-7-15-24(28)3)33(38)42-29-20-12-8-16-25(29)4/h5-20H,21H2,1-4H3. The molecule has 0 bridgehead atoms. The quantitative estimate of drug-likeness (QED) is 0.138. The van der Waals surface area contributed by atoms with Gasteiger partial charge in [0, 0.05) is 0 Å². The molecule has 0 aromatic heterocycles. The van der Waals surface area contributed by atoms with Crippen LogP contribution in [0.25, 0.3) is 0 Å². The molecule has 0 spiro atoms. The Balaban J connectivity index is 1.83. The first-order valence-electron chi connectivity index (χ1n) is 13.2. The van der Waals surface area contributed by atoms with Crippen LogP contribution in [0.1, 0.15) is 28.7 Å². The second kappa shape index (κ2) is 13.0. The lowest BCUT2D eigenvalue weighted by Gasteiger charge is -2.27. The summed E-state index contributed by atoms with van der Waals surface area (Å²) in [4.78, 5) is 55.5. The molecule has 0 atom stereocenters. The summed E-state index contributed by atoms with van der Waals surface area (Å²) >= 11 is 0. The maximum Gasteiger partial charge on any atom is 0.341 e. The van der Waals surface area contributed by atoms with Crippen molar-refractivity contribution in [2.24, 2.45) is 5.41 Å². The molecule has 0 aliphatic heterocycles. The number of esters is 4. The van der Waals surface area contributed by atoms with Crippen LogP contribution >= 0.6 is 0 Å². The highest BCUT2D eigenvalue weighted by atomic mass is 16.6. The molecule has 4 aromatic carbocycles. The third kappa shape index (κ3) is 6.55. The van der Waals surface area contributed by atoms with Gasteiger partial charge >= 0.3 is 23.9 Å². The second-order valence-corrected chi connectivity index (χ2v) is 9.79. The van der Waals surface area contributed by atoms with E-state index in [2.05, 4.69) is 0 Å². The number of hydrogen-bond donors (Lipinski definition) is 0. The molecule has 214 valence electrons. The van der Waals surface area contributed by atoms with Gasteiger partial charge in [-0.2, -0.15) is 0 Å². The zero-order chi connectivity index (χ0) is 30.3. The molecule has 8 heteroatoms. The fourth-order valence-corrected chi connectivity index (χ4v) is 4.09. The van der Waals surface area contributed by atoms with Gasteiger partial charge in [-0.1, -0.05) is 72.8 Å². The minimum atomic E-state index is -2.90. The molecule has 4 aromatic rings. The van der Waals surface area contributed by atoms with Crippen LogP contribution in [-0.2, 0) is 19.2 Å². The van der Waals surface area contributed by atoms with Gasteiger partial charge < -0.3 is 18.9 Å². The van der Waals surface area contributed by atoms with Crippen molar-refractivity contribution < 1.29 is 38.1 Å². The molecule has 0 aliphatic rings. The number of carbonyl (C=O) groups excluding carboxylic acids is 4. The summed E-state index contributed by atoms with van der Waals surface area (Å²) in [7, 11) is 0. The minimum Gasteiger partial charge on any atom is -0.426 e. The molecule has 0 unspecified atom stereocenters. The van der Waals surface area contributed by atoms with E-state index in [1.165, 1.54) is 18.2 Å². The molecule has 0 N–H and O–H groups in total. The average Bonchev–Trinajstić information content (AvgIpc) is 2.96. The van der Waals surface area contributed by atoms with Gasteiger partial charge in [0.05, 0.1) is 6.42 Å². The fraction of sp³-hybridized carbons (Fsp3) is 0.176. The summed E-state index contributed by atoms with van der Waals surface area (Å²) in [6, 6.07) is 26.4. The first-order chi connectivity index (χ1) is 20.1. The van der Waals surface area contributed by atoms with Crippen molar-refractivity contribution in [3.8, 4) is 23.0 Å². The summed E-state index contributed by atoms with van der Waals surface area (Å²) in [5.41, 5.74) is -0.596. The topological polar surface area (TPSA) is 105 Å². The largest absolute Gasteiger partial charge is 0.426 e. The summed E-state index contributed by atoms with van der Waals surface area (Å²) in [6.45, 7) is 6.79. The van der Waals surface area contributed by atoms with Crippen LogP contribution in [0.15, 0.2) is 97.1 Å². The van der Waals surface area contributed by atoms with Crippen molar-refractivity contribution >= 4 is 23.9 Å². The van der Waals surface area contributed by atoms with Crippen molar-refractivity contribution in [2.75, 3.05) is 0 Å². The normalized spacial score (nSPS) is 10.9. The molecule has 8 nitrogen and oxygen atoms in total. The Morgan fingerprint density at radius 1 is 0.452 bits per heavy atom. The highest BCUT2D eigenvalue weighted by Crippen LogP contribution is 2.34. The SMILES string of the molecule is Cc1ccccc1OC(=O)CC(C(=O)Oc1ccccc1C)(C(=O)Oc1ccccc1C)C(=O)Oc1ccccc1C. The van der Waals surface area contributed by atoms with E-state index in [4.69, 9.17) is 18.9 Å². The van der Waals surface area contributed by atoms with Crippen molar-refractivity contribution in [1.82, 2.24) is 0 Å². The summed E-state index contributed by atoms with van der Waals surface area (Å²) in [5.74, 6) is -4.63. The fourth-order valence-electron chi connectivity index (χ4n) is 4.09. The number of rotatable bonds is 9. The minimum absolute atomic E-state index is 0.0894. The van der Waals surface area contributed by atoms with Crippen LogP contribution in [0.5, 0.6) is 23.0 Å². The van der Waals surface area contributed by atoms with E-state index < -0.39 is 35.7 Å². The van der Waals surface area contributed by atoms with Crippen LogP contribution in [0.3, 0.4) is 0 Å². The van der Waals surface area contributed by atoms with Crippen LogP contribution < -0.4 is 18.9 Å². The highest BCUT2D eigenvalue weighted by Gasteiger charge is 2.60. The molecule has 0 heterocycles. The van der Waals surface area contributed by atoms with Gasteiger partial charge in [-0.15, -0.1) is 0 Å². The molecular weight excluding hydrogens is 536 g/mol. The molecule has 42 heavy (non-hydrogen) atoms. The lowest BCUT2D eigenvalue weighted by molar-refractivity contribution is -0.175. The van der Waals surface area contributed by atoms with Gasteiger partial charge in [0.25, 0.3) is 5.41 Å². The average molecular weight is 567 g/mol. The molecule has 0 radical (unpaired) electrons. The summed E-state index contributed by atoms with van der Waals surface area (Å²) < 4.78 is 22.4. The molecule has 0 aliphatic carbocycles. The Bertz CT molecular complexity index is 1490. The Labute approximate surface area is 243 Å². The highest BCUT2D eigenvalue weighted by molar-refractivity contribution is 6.21. The predicted octanol–water partition coefficient (Wildman–Crippen LogP) is 6.02. The van der Waals surface area contributed by atoms with Crippen LogP contribution in [-0.4, -0.2) is 23.9 Å².